The zero-order chi connectivity index (χ0) is 23.6. The molecule has 3 aromatic rings. The minimum Gasteiger partial charge on any atom is -0.493 e. The summed E-state index contributed by atoms with van der Waals surface area (Å²) in [7, 11) is -1.76. The molecule has 1 N–H and O–H groups in total. The van der Waals surface area contributed by atoms with Crippen LogP contribution in [0.2, 0.25) is 0 Å². The molecule has 4 rings (SSSR count). The van der Waals surface area contributed by atoms with Gasteiger partial charge in [0.15, 0.2) is 27.9 Å². The van der Waals surface area contributed by atoms with Gasteiger partial charge in [0.25, 0.3) is 5.91 Å². The van der Waals surface area contributed by atoms with E-state index >= 15 is 0 Å². The maximum atomic E-state index is 13.0. The first-order chi connectivity index (χ1) is 15.8. The number of carbonyl (C=O) groups excluding carboxylic acids is 1. The van der Waals surface area contributed by atoms with E-state index in [0.717, 1.165) is 5.41 Å². The Morgan fingerprint density at radius 3 is 2.64 bits per heavy atom. The fraction of sp³-hybridized carbons (Fsp3) is 0.217. The molecule has 1 atom stereocenters. The summed E-state index contributed by atoms with van der Waals surface area (Å²) >= 11 is 0. The van der Waals surface area contributed by atoms with Gasteiger partial charge in [0.2, 0.25) is 11.2 Å². The van der Waals surface area contributed by atoms with E-state index in [-0.39, 0.29) is 40.3 Å². The SMILES string of the molecule is COc1ccccc1Oc1c(C)oc2cc(OCC(=O)N[C@@H]3C=CS(=O)(=O)C3)ccc2c1=O. The van der Waals surface area contributed by atoms with Gasteiger partial charge in [-0.15, -0.1) is 0 Å². The van der Waals surface area contributed by atoms with Gasteiger partial charge in [0.1, 0.15) is 17.1 Å². The smallest absolute Gasteiger partial charge is 0.258 e. The molecule has 0 fully saturated rings. The molecule has 10 heteroatoms. The van der Waals surface area contributed by atoms with Crippen LogP contribution in [0.15, 0.2) is 63.2 Å². The number of amides is 1. The van der Waals surface area contributed by atoms with E-state index in [0.29, 0.717) is 17.2 Å². The van der Waals surface area contributed by atoms with Crippen LogP contribution >= 0.6 is 0 Å². The van der Waals surface area contributed by atoms with E-state index in [4.69, 9.17) is 18.6 Å². The molecule has 172 valence electrons. The van der Waals surface area contributed by atoms with Crippen LogP contribution in [0.25, 0.3) is 11.0 Å². The van der Waals surface area contributed by atoms with Gasteiger partial charge < -0.3 is 23.9 Å². The first-order valence-corrected chi connectivity index (χ1v) is 11.7. The van der Waals surface area contributed by atoms with Crippen LogP contribution in [0.1, 0.15) is 5.76 Å². The third-order valence-electron chi connectivity index (χ3n) is 4.91. The van der Waals surface area contributed by atoms with Gasteiger partial charge >= 0.3 is 0 Å². The fourth-order valence-electron chi connectivity index (χ4n) is 3.35. The second-order valence-corrected chi connectivity index (χ2v) is 9.28. The highest BCUT2D eigenvalue weighted by Crippen LogP contribution is 2.32. The van der Waals surface area contributed by atoms with Gasteiger partial charge in [-0.2, -0.15) is 0 Å². The molecule has 33 heavy (non-hydrogen) atoms. The zero-order valence-corrected chi connectivity index (χ0v) is 18.7. The monoisotopic (exact) mass is 471 g/mol. The molecule has 0 spiro atoms. The molecular weight excluding hydrogens is 450 g/mol. The number of fused-ring (bicyclic) bond motifs is 1. The predicted octanol–water partition coefficient (Wildman–Crippen LogP) is 2.71. The highest BCUT2D eigenvalue weighted by atomic mass is 32.2. The molecule has 0 bridgehead atoms. The van der Waals surface area contributed by atoms with Crippen molar-refractivity contribution in [3.63, 3.8) is 0 Å². The third-order valence-corrected chi connectivity index (χ3v) is 6.31. The van der Waals surface area contributed by atoms with Crippen LogP contribution in [-0.2, 0) is 14.6 Å². The maximum Gasteiger partial charge on any atom is 0.258 e. The summed E-state index contributed by atoms with van der Waals surface area (Å²) in [6, 6.07) is 10.9. The highest BCUT2D eigenvalue weighted by Gasteiger charge is 2.23. The summed E-state index contributed by atoms with van der Waals surface area (Å²) in [5.41, 5.74) is -0.0919. The number of aryl methyl sites for hydroxylation is 1. The molecule has 2 aromatic carbocycles. The average Bonchev–Trinajstić information content (AvgIpc) is 3.13. The molecule has 0 saturated heterocycles. The topological polar surface area (TPSA) is 121 Å². The van der Waals surface area contributed by atoms with Crippen LogP contribution in [0, 0.1) is 6.92 Å². The highest BCUT2D eigenvalue weighted by molar-refractivity contribution is 7.94. The largest absolute Gasteiger partial charge is 0.493 e. The Balaban J connectivity index is 1.49. The van der Waals surface area contributed by atoms with E-state index < -0.39 is 21.8 Å². The lowest BCUT2D eigenvalue weighted by Crippen LogP contribution is -2.38. The number of carbonyl (C=O) groups is 1. The Labute approximate surface area is 189 Å². The van der Waals surface area contributed by atoms with Gasteiger partial charge in [0, 0.05) is 11.5 Å². The number of rotatable bonds is 7. The first-order valence-electron chi connectivity index (χ1n) is 9.97. The van der Waals surface area contributed by atoms with Crippen molar-refractivity contribution in [2.24, 2.45) is 0 Å². The fourth-order valence-corrected chi connectivity index (χ4v) is 4.59. The molecule has 2 heterocycles. The first kappa shape index (κ1) is 22.4. The Bertz CT molecular complexity index is 1410. The van der Waals surface area contributed by atoms with Crippen LogP contribution in [-0.4, -0.2) is 39.8 Å². The Morgan fingerprint density at radius 1 is 1.18 bits per heavy atom. The van der Waals surface area contributed by atoms with Crippen molar-refractivity contribution in [3.05, 3.63) is 69.9 Å². The minimum absolute atomic E-state index is 0.0413. The van der Waals surface area contributed by atoms with Gasteiger partial charge in [-0.3, -0.25) is 9.59 Å². The zero-order valence-electron chi connectivity index (χ0n) is 17.9. The number of nitrogens with one attached hydrogen (secondary N) is 1. The van der Waals surface area contributed by atoms with Crippen molar-refractivity contribution in [1.82, 2.24) is 5.32 Å². The molecule has 0 radical (unpaired) electrons. The van der Waals surface area contributed by atoms with Crippen molar-refractivity contribution in [1.29, 1.82) is 0 Å². The Hall–Kier alpha value is -3.79. The molecular formula is C23H21NO8S. The van der Waals surface area contributed by atoms with E-state index in [1.54, 1.807) is 31.2 Å². The number of methoxy groups -OCH3 is 1. The molecule has 1 aromatic heterocycles. The molecule has 1 aliphatic rings. The van der Waals surface area contributed by atoms with Crippen molar-refractivity contribution in [3.8, 4) is 23.0 Å². The molecule has 0 saturated carbocycles. The number of para-hydroxylation sites is 2. The average molecular weight is 471 g/mol. The van der Waals surface area contributed by atoms with E-state index in [1.165, 1.54) is 31.4 Å². The minimum atomic E-state index is -3.26. The Morgan fingerprint density at radius 2 is 1.94 bits per heavy atom. The normalized spacial score (nSPS) is 16.5. The molecule has 1 amide bonds. The van der Waals surface area contributed by atoms with Crippen LogP contribution in [0.3, 0.4) is 0 Å². The van der Waals surface area contributed by atoms with Gasteiger partial charge in [-0.25, -0.2) is 8.42 Å². The van der Waals surface area contributed by atoms with Gasteiger partial charge in [-0.05, 0) is 37.3 Å². The van der Waals surface area contributed by atoms with Gasteiger partial charge in [-0.1, -0.05) is 12.1 Å². The molecule has 0 unspecified atom stereocenters. The lowest BCUT2D eigenvalue weighted by atomic mass is 10.2. The lowest BCUT2D eigenvalue weighted by Gasteiger charge is -2.13. The van der Waals surface area contributed by atoms with Gasteiger partial charge in [0.05, 0.1) is 24.3 Å². The number of benzene rings is 2. The summed E-state index contributed by atoms with van der Waals surface area (Å²) < 4.78 is 45.1. The predicted molar refractivity (Wildman–Crippen MR) is 121 cm³/mol. The number of hydrogen-bond acceptors (Lipinski definition) is 8. The van der Waals surface area contributed by atoms with E-state index in [2.05, 4.69) is 5.32 Å². The number of hydrogen-bond donors (Lipinski definition) is 1. The third kappa shape index (κ3) is 5.01. The molecule has 0 aliphatic carbocycles. The van der Waals surface area contributed by atoms with Crippen LogP contribution in [0.4, 0.5) is 0 Å². The quantitative estimate of drug-likeness (QED) is 0.558. The summed E-state index contributed by atoms with van der Waals surface area (Å²) in [5, 5.41) is 3.93. The van der Waals surface area contributed by atoms with Crippen molar-refractivity contribution >= 4 is 26.7 Å². The number of sulfone groups is 1. The summed E-state index contributed by atoms with van der Waals surface area (Å²) in [6.07, 6.45) is 1.42. The van der Waals surface area contributed by atoms with E-state index in [1.807, 2.05) is 0 Å². The second kappa shape index (κ2) is 8.99. The van der Waals surface area contributed by atoms with Crippen molar-refractivity contribution < 1.29 is 31.8 Å². The van der Waals surface area contributed by atoms with Crippen molar-refractivity contribution in [2.45, 2.75) is 13.0 Å². The second-order valence-electron chi connectivity index (χ2n) is 7.35. The summed E-state index contributed by atoms with van der Waals surface area (Å²) in [5.74, 6) is 0.836. The summed E-state index contributed by atoms with van der Waals surface area (Å²) in [4.78, 5) is 25.1. The van der Waals surface area contributed by atoms with E-state index in [9.17, 15) is 18.0 Å². The Kier molecular flexibility index (Phi) is 6.10. The number of ether oxygens (including phenoxy) is 3. The molecule has 9 nitrogen and oxygen atoms in total. The lowest BCUT2D eigenvalue weighted by molar-refractivity contribution is -0.123. The van der Waals surface area contributed by atoms with Crippen LogP contribution < -0.4 is 25.0 Å². The summed E-state index contributed by atoms with van der Waals surface area (Å²) in [6.45, 7) is 1.28. The maximum absolute atomic E-state index is 13.0. The van der Waals surface area contributed by atoms with Crippen molar-refractivity contribution in [2.75, 3.05) is 19.5 Å². The van der Waals surface area contributed by atoms with Crippen LogP contribution in [0.5, 0.6) is 23.0 Å². The standard InChI is InChI=1S/C23H21NO8S/c1-14-23(32-19-6-4-3-5-18(19)29-2)22(26)17-8-7-16(11-20(17)31-14)30-12-21(25)24-15-9-10-33(27,28)13-15/h3-11,15H,12-13H2,1-2H3,(H,24,25)/t15-/m1/s1. The molecule has 1 aliphatic heterocycles.